The lowest BCUT2D eigenvalue weighted by Gasteiger charge is -2.29. The number of ether oxygens (including phenoxy) is 2. The van der Waals surface area contributed by atoms with Crippen LogP contribution in [0, 0.1) is 0 Å². The van der Waals surface area contributed by atoms with Crippen LogP contribution in [-0.2, 0) is 14.3 Å². The van der Waals surface area contributed by atoms with Crippen molar-refractivity contribution in [2.45, 2.75) is 57.8 Å². The zero-order chi connectivity index (χ0) is 14.9. The highest BCUT2D eigenvalue weighted by molar-refractivity contribution is 5.93. The molecular weight excluding hydrogens is 260 g/mol. The molecule has 2 aliphatic heterocycles. The van der Waals surface area contributed by atoms with Gasteiger partial charge in [-0.15, -0.1) is 0 Å². The number of hydrogen-bond donors (Lipinski definition) is 0. The molecule has 2 unspecified atom stereocenters. The van der Waals surface area contributed by atoms with Crippen molar-refractivity contribution in [2.24, 2.45) is 0 Å². The molecule has 0 aromatic carbocycles. The van der Waals surface area contributed by atoms with Crippen LogP contribution >= 0.6 is 0 Å². The van der Waals surface area contributed by atoms with Gasteiger partial charge in [-0.05, 0) is 33.7 Å². The number of hydrogen-bond acceptors (Lipinski definition) is 5. The fraction of sp³-hybridized carbons (Fsp3) is 0.857. The summed E-state index contributed by atoms with van der Waals surface area (Å²) < 4.78 is 10.6. The predicted octanol–water partition coefficient (Wildman–Crippen LogP) is 1.59. The van der Waals surface area contributed by atoms with E-state index in [9.17, 15) is 9.59 Å². The summed E-state index contributed by atoms with van der Waals surface area (Å²) in [6.45, 7) is 6.92. The Morgan fingerprint density at radius 1 is 1.35 bits per heavy atom. The van der Waals surface area contributed by atoms with Crippen molar-refractivity contribution in [3.63, 3.8) is 0 Å². The van der Waals surface area contributed by atoms with Crippen LogP contribution in [0.1, 0.15) is 40.0 Å². The Hall–Kier alpha value is -1.14. The zero-order valence-corrected chi connectivity index (χ0v) is 12.7. The molecule has 0 bridgehead atoms. The lowest BCUT2D eigenvalue weighted by molar-refractivity contribution is -0.129. The van der Waals surface area contributed by atoms with Gasteiger partial charge in [0.25, 0.3) is 0 Å². The summed E-state index contributed by atoms with van der Waals surface area (Å²) in [7, 11) is 2.00. The molecule has 2 amide bonds. The van der Waals surface area contributed by atoms with E-state index >= 15 is 0 Å². The minimum absolute atomic E-state index is 0.107. The second-order valence-corrected chi connectivity index (χ2v) is 5.96. The first-order valence-electron chi connectivity index (χ1n) is 7.22. The number of cyclic esters (lactones) is 1. The molecule has 0 N–H and O–H groups in total. The van der Waals surface area contributed by atoms with Crippen molar-refractivity contribution in [1.29, 1.82) is 0 Å². The van der Waals surface area contributed by atoms with E-state index in [0.29, 0.717) is 26.1 Å². The molecule has 2 saturated heterocycles. The molecule has 0 aromatic rings. The summed E-state index contributed by atoms with van der Waals surface area (Å²) in [6, 6.07) is 0.108. The van der Waals surface area contributed by atoms with Crippen molar-refractivity contribution >= 4 is 12.0 Å². The topological polar surface area (TPSA) is 59.1 Å². The average molecular weight is 284 g/mol. The van der Waals surface area contributed by atoms with Crippen molar-refractivity contribution in [2.75, 3.05) is 20.3 Å². The van der Waals surface area contributed by atoms with E-state index in [2.05, 4.69) is 4.90 Å². The number of imide groups is 1. The highest BCUT2D eigenvalue weighted by Crippen LogP contribution is 2.28. The van der Waals surface area contributed by atoms with Gasteiger partial charge in [0.15, 0.2) is 0 Å². The SMILES string of the molecule is CCC1COC(=O)N1C(=O)CCC1COC(C)(C)N1C. The van der Waals surface area contributed by atoms with Crippen LogP contribution in [0.2, 0.25) is 0 Å². The van der Waals surface area contributed by atoms with E-state index in [1.807, 2.05) is 27.8 Å². The quantitative estimate of drug-likeness (QED) is 0.784. The van der Waals surface area contributed by atoms with E-state index in [-0.39, 0.29) is 23.7 Å². The Balaban J connectivity index is 1.88. The van der Waals surface area contributed by atoms with Crippen molar-refractivity contribution in [3.05, 3.63) is 0 Å². The summed E-state index contributed by atoms with van der Waals surface area (Å²) in [6.07, 6.45) is 1.27. The third-order valence-corrected chi connectivity index (χ3v) is 4.42. The van der Waals surface area contributed by atoms with E-state index in [0.717, 1.165) is 6.42 Å². The first-order valence-corrected chi connectivity index (χ1v) is 7.22. The summed E-state index contributed by atoms with van der Waals surface area (Å²) in [4.78, 5) is 27.2. The van der Waals surface area contributed by atoms with Crippen molar-refractivity contribution < 1.29 is 19.1 Å². The van der Waals surface area contributed by atoms with Gasteiger partial charge in [0.1, 0.15) is 12.3 Å². The standard InChI is InChI=1S/C14H24N2O4/c1-5-10-8-19-13(18)16(10)12(17)7-6-11-9-20-14(2,3)15(11)4/h10-11H,5-9H2,1-4H3. The van der Waals surface area contributed by atoms with Crippen molar-refractivity contribution in [3.8, 4) is 0 Å². The van der Waals surface area contributed by atoms with Crippen LogP contribution in [0.15, 0.2) is 0 Å². The molecule has 114 valence electrons. The number of likely N-dealkylation sites (N-methyl/N-ethyl adjacent to an activating group) is 1. The maximum Gasteiger partial charge on any atom is 0.416 e. The molecule has 0 spiro atoms. The molecule has 0 aliphatic carbocycles. The Bertz CT molecular complexity index is 397. The van der Waals surface area contributed by atoms with Gasteiger partial charge in [0.05, 0.1) is 12.6 Å². The molecule has 6 heteroatoms. The number of amides is 2. The molecule has 2 heterocycles. The summed E-state index contributed by atoms with van der Waals surface area (Å²) in [5.41, 5.74) is -0.285. The van der Waals surface area contributed by atoms with E-state index in [1.54, 1.807) is 0 Å². The van der Waals surface area contributed by atoms with Gasteiger partial charge >= 0.3 is 6.09 Å². The van der Waals surface area contributed by atoms with Crippen LogP contribution in [0.4, 0.5) is 4.79 Å². The number of rotatable bonds is 4. The second-order valence-electron chi connectivity index (χ2n) is 5.96. The molecule has 2 fully saturated rings. The maximum atomic E-state index is 12.2. The number of nitrogens with zero attached hydrogens (tertiary/aromatic N) is 2. The van der Waals surface area contributed by atoms with Gasteiger partial charge in [-0.25, -0.2) is 9.69 Å². The molecule has 2 aliphatic rings. The molecule has 6 nitrogen and oxygen atoms in total. The molecule has 20 heavy (non-hydrogen) atoms. The van der Waals surface area contributed by atoms with E-state index < -0.39 is 6.09 Å². The van der Waals surface area contributed by atoms with Crippen LogP contribution in [-0.4, -0.2) is 59.9 Å². The first kappa shape index (κ1) is 15.3. The van der Waals surface area contributed by atoms with Crippen LogP contribution in [0.25, 0.3) is 0 Å². The van der Waals surface area contributed by atoms with Crippen LogP contribution in [0.5, 0.6) is 0 Å². The summed E-state index contributed by atoms with van der Waals surface area (Å²) in [5, 5.41) is 0. The molecular formula is C14H24N2O4. The Labute approximate surface area is 120 Å². The normalized spacial score (nSPS) is 29.8. The fourth-order valence-electron chi connectivity index (χ4n) is 2.71. The fourth-order valence-corrected chi connectivity index (χ4v) is 2.71. The van der Waals surface area contributed by atoms with E-state index in [1.165, 1.54) is 4.90 Å². The lowest BCUT2D eigenvalue weighted by Crippen LogP contribution is -2.42. The maximum absolute atomic E-state index is 12.2. The van der Waals surface area contributed by atoms with Gasteiger partial charge in [0.2, 0.25) is 5.91 Å². The number of carbonyl (C=O) groups is 2. The summed E-state index contributed by atoms with van der Waals surface area (Å²) >= 11 is 0. The summed E-state index contributed by atoms with van der Waals surface area (Å²) in [5.74, 6) is -0.141. The van der Waals surface area contributed by atoms with Crippen molar-refractivity contribution in [1.82, 2.24) is 9.80 Å². The minimum atomic E-state index is -0.502. The van der Waals surface area contributed by atoms with Gasteiger partial charge < -0.3 is 9.47 Å². The molecule has 0 saturated carbocycles. The Kier molecular flexibility index (Phi) is 4.34. The van der Waals surface area contributed by atoms with Crippen LogP contribution in [0.3, 0.4) is 0 Å². The predicted molar refractivity (Wildman–Crippen MR) is 73.1 cm³/mol. The average Bonchev–Trinajstić information content (AvgIpc) is 2.89. The van der Waals surface area contributed by atoms with E-state index in [4.69, 9.17) is 9.47 Å². The molecule has 2 rings (SSSR count). The smallest absolute Gasteiger partial charge is 0.416 e. The Morgan fingerprint density at radius 2 is 2.05 bits per heavy atom. The zero-order valence-electron chi connectivity index (χ0n) is 12.7. The highest BCUT2D eigenvalue weighted by atomic mass is 16.6. The third kappa shape index (κ3) is 2.81. The van der Waals surface area contributed by atoms with Gasteiger partial charge in [-0.1, -0.05) is 6.92 Å². The number of carbonyl (C=O) groups excluding carboxylic acids is 2. The van der Waals surface area contributed by atoms with Crippen LogP contribution < -0.4 is 0 Å². The third-order valence-electron chi connectivity index (χ3n) is 4.42. The Morgan fingerprint density at radius 3 is 2.60 bits per heavy atom. The minimum Gasteiger partial charge on any atom is -0.447 e. The first-order chi connectivity index (χ1) is 9.36. The van der Waals surface area contributed by atoms with Gasteiger partial charge in [0, 0.05) is 12.5 Å². The molecule has 0 aromatic heterocycles. The second kappa shape index (κ2) is 5.69. The highest BCUT2D eigenvalue weighted by Gasteiger charge is 2.40. The van der Waals surface area contributed by atoms with Gasteiger partial charge in [-0.2, -0.15) is 0 Å². The molecule has 2 atom stereocenters. The molecule has 0 radical (unpaired) electrons. The monoisotopic (exact) mass is 284 g/mol. The lowest BCUT2D eigenvalue weighted by atomic mass is 10.1. The van der Waals surface area contributed by atoms with Gasteiger partial charge in [-0.3, -0.25) is 9.69 Å². The largest absolute Gasteiger partial charge is 0.447 e.